The van der Waals surface area contributed by atoms with Crippen molar-refractivity contribution >= 4 is 11.3 Å². The van der Waals surface area contributed by atoms with E-state index in [1.807, 2.05) is 0 Å². The summed E-state index contributed by atoms with van der Waals surface area (Å²) in [6.45, 7) is 9.12. The van der Waals surface area contributed by atoms with E-state index in [2.05, 4.69) is 27.1 Å². The van der Waals surface area contributed by atoms with E-state index in [1.165, 1.54) is 17.8 Å². The van der Waals surface area contributed by atoms with Crippen LogP contribution >= 0.6 is 11.3 Å². The predicted molar refractivity (Wildman–Crippen MR) is 95.1 cm³/mol. The second kappa shape index (κ2) is 8.55. The molecule has 0 atom stereocenters. The number of aromatic nitrogens is 1. The number of aryl methyl sites for hydroxylation is 1. The standard InChI is InChI=1S/C18H24FN3OS/c1-15-20-17(14-24-15)13-22-10-8-21(9-11-22)7-2-12-23-18-5-3-16(19)4-6-18/h3-6,14H,2,7-13H2,1H3. The van der Waals surface area contributed by atoms with E-state index in [0.29, 0.717) is 6.61 Å². The molecule has 0 amide bonds. The quantitative estimate of drug-likeness (QED) is 0.718. The number of rotatable bonds is 7. The van der Waals surface area contributed by atoms with E-state index in [-0.39, 0.29) is 5.82 Å². The van der Waals surface area contributed by atoms with Crippen LogP contribution in [0.5, 0.6) is 5.75 Å². The molecule has 2 aromatic rings. The van der Waals surface area contributed by atoms with Crippen molar-refractivity contribution in [2.45, 2.75) is 19.9 Å². The molecule has 2 heterocycles. The van der Waals surface area contributed by atoms with E-state index in [9.17, 15) is 4.39 Å². The SMILES string of the molecule is Cc1nc(CN2CCN(CCCOc3ccc(F)cc3)CC2)cs1. The minimum atomic E-state index is -0.229. The van der Waals surface area contributed by atoms with Gasteiger partial charge in [0.25, 0.3) is 0 Å². The van der Waals surface area contributed by atoms with E-state index in [1.54, 1.807) is 23.5 Å². The molecule has 0 unspecified atom stereocenters. The van der Waals surface area contributed by atoms with Gasteiger partial charge in [0, 0.05) is 44.6 Å². The monoisotopic (exact) mass is 349 g/mol. The minimum absolute atomic E-state index is 0.229. The van der Waals surface area contributed by atoms with Crippen LogP contribution in [0.3, 0.4) is 0 Å². The maximum atomic E-state index is 12.8. The molecule has 0 spiro atoms. The van der Waals surface area contributed by atoms with Crippen LogP contribution in [0.4, 0.5) is 4.39 Å². The normalized spacial score (nSPS) is 16.4. The predicted octanol–water partition coefficient (Wildman–Crippen LogP) is 3.18. The lowest BCUT2D eigenvalue weighted by atomic mass is 10.2. The summed E-state index contributed by atoms with van der Waals surface area (Å²) in [7, 11) is 0. The van der Waals surface area contributed by atoms with Crippen molar-refractivity contribution in [2.24, 2.45) is 0 Å². The van der Waals surface area contributed by atoms with Crippen LogP contribution in [0, 0.1) is 12.7 Å². The average molecular weight is 349 g/mol. The van der Waals surface area contributed by atoms with Crippen molar-refractivity contribution in [1.29, 1.82) is 0 Å². The number of ether oxygens (including phenoxy) is 1. The van der Waals surface area contributed by atoms with Crippen LogP contribution in [0.1, 0.15) is 17.1 Å². The van der Waals surface area contributed by atoms with Crippen LogP contribution in [-0.2, 0) is 6.54 Å². The highest BCUT2D eigenvalue weighted by molar-refractivity contribution is 7.09. The molecule has 24 heavy (non-hydrogen) atoms. The Hall–Kier alpha value is -1.50. The Morgan fingerprint density at radius 3 is 2.50 bits per heavy atom. The first kappa shape index (κ1) is 17.3. The number of piperazine rings is 1. The first-order valence-electron chi connectivity index (χ1n) is 8.43. The molecule has 0 N–H and O–H groups in total. The molecule has 1 saturated heterocycles. The molecule has 1 fully saturated rings. The number of halogens is 1. The summed E-state index contributed by atoms with van der Waals surface area (Å²) in [5.74, 6) is 0.507. The molecule has 1 aromatic heterocycles. The van der Waals surface area contributed by atoms with Crippen LogP contribution in [0.25, 0.3) is 0 Å². The lowest BCUT2D eigenvalue weighted by Crippen LogP contribution is -2.46. The lowest BCUT2D eigenvalue weighted by molar-refractivity contribution is 0.120. The molecule has 0 radical (unpaired) electrons. The third-order valence-corrected chi connectivity index (χ3v) is 5.04. The molecule has 3 rings (SSSR count). The molecule has 1 aliphatic rings. The number of thiazole rings is 1. The molecule has 0 aliphatic carbocycles. The molecule has 0 saturated carbocycles. The molecule has 4 nitrogen and oxygen atoms in total. The van der Waals surface area contributed by atoms with Crippen molar-refractivity contribution in [3.63, 3.8) is 0 Å². The third kappa shape index (κ3) is 5.26. The summed E-state index contributed by atoms with van der Waals surface area (Å²) in [6.07, 6.45) is 0.989. The van der Waals surface area contributed by atoms with Gasteiger partial charge in [0.05, 0.1) is 17.3 Å². The van der Waals surface area contributed by atoms with E-state index >= 15 is 0 Å². The highest BCUT2D eigenvalue weighted by Gasteiger charge is 2.17. The van der Waals surface area contributed by atoms with Crippen LogP contribution in [0.2, 0.25) is 0 Å². The van der Waals surface area contributed by atoms with Crippen molar-refractivity contribution in [1.82, 2.24) is 14.8 Å². The summed E-state index contributed by atoms with van der Waals surface area (Å²) in [5.41, 5.74) is 1.19. The van der Waals surface area contributed by atoms with Gasteiger partial charge >= 0.3 is 0 Å². The Kier molecular flexibility index (Phi) is 6.18. The molecular weight excluding hydrogens is 325 g/mol. The fraction of sp³-hybridized carbons (Fsp3) is 0.500. The molecule has 1 aromatic carbocycles. The van der Waals surface area contributed by atoms with Gasteiger partial charge in [-0.25, -0.2) is 9.37 Å². The number of benzene rings is 1. The summed E-state index contributed by atoms with van der Waals surface area (Å²) in [4.78, 5) is 9.50. The fourth-order valence-electron chi connectivity index (χ4n) is 2.89. The summed E-state index contributed by atoms with van der Waals surface area (Å²) >= 11 is 1.72. The van der Waals surface area contributed by atoms with Gasteiger partial charge in [-0.05, 0) is 37.6 Å². The zero-order chi connectivity index (χ0) is 16.8. The van der Waals surface area contributed by atoms with Gasteiger partial charge in [0.15, 0.2) is 0 Å². The Balaban J connectivity index is 1.30. The Bertz CT molecular complexity index is 623. The largest absolute Gasteiger partial charge is 0.494 e. The molecule has 1 aliphatic heterocycles. The minimum Gasteiger partial charge on any atom is -0.494 e. The first-order chi connectivity index (χ1) is 11.7. The molecular formula is C18H24FN3OS. The molecule has 130 valence electrons. The zero-order valence-corrected chi connectivity index (χ0v) is 14.9. The second-order valence-corrected chi connectivity index (χ2v) is 7.19. The fourth-order valence-corrected chi connectivity index (χ4v) is 3.49. The Morgan fingerprint density at radius 1 is 1.12 bits per heavy atom. The maximum absolute atomic E-state index is 12.8. The van der Waals surface area contributed by atoms with Crippen molar-refractivity contribution < 1.29 is 9.13 Å². The lowest BCUT2D eigenvalue weighted by Gasteiger charge is -2.34. The van der Waals surface area contributed by atoms with E-state index in [0.717, 1.165) is 56.4 Å². The highest BCUT2D eigenvalue weighted by atomic mass is 32.1. The smallest absolute Gasteiger partial charge is 0.123 e. The van der Waals surface area contributed by atoms with Crippen LogP contribution < -0.4 is 4.74 Å². The van der Waals surface area contributed by atoms with Crippen LogP contribution in [-0.4, -0.2) is 54.1 Å². The first-order valence-corrected chi connectivity index (χ1v) is 9.31. The maximum Gasteiger partial charge on any atom is 0.123 e. The number of hydrogen-bond donors (Lipinski definition) is 0. The van der Waals surface area contributed by atoms with E-state index in [4.69, 9.17) is 4.74 Å². The number of hydrogen-bond acceptors (Lipinski definition) is 5. The van der Waals surface area contributed by atoms with Crippen LogP contribution in [0.15, 0.2) is 29.6 Å². The van der Waals surface area contributed by atoms with Gasteiger partial charge in [-0.15, -0.1) is 11.3 Å². The average Bonchev–Trinajstić information content (AvgIpc) is 3.00. The molecule has 0 bridgehead atoms. The number of nitrogens with zero attached hydrogens (tertiary/aromatic N) is 3. The van der Waals surface area contributed by atoms with Crippen molar-refractivity contribution in [3.8, 4) is 5.75 Å². The summed E-state index contributed by atoms with van der Waals surface area (Å²) in [6, 6.07) is 6.21. The topological polar surface area (TPSA) is 28.6 Å². The zero-order valence-electron chi connectivity index (χ0n) is 14.1. The van der Waals surface area contributed by atoms with E-state index < -0.39 is 0 Å². The summed E-state index contributed by atoms with van der Waals surface area (Å²) in [5, 5.41) is 3.30. The second-order valence-electron chi connectivity index (χ2n) is 6.13. The van der Waals surface area contributed by atoms with Gasteiger partial charge in [-0.3, -0.25) is 4.90 Å². The van der Waals surface area contributed by atoms with Gasteiger partial charge in [0.2, 0.25) is 0 Å². The summed E-state index contributed by atoms with van der Waals surface area (Å²) < 4.78 is 18.5. The third-order valence-electron chi connectivity index (χ3n) is 4.22. The Morgan fingerprint density at radius 2 is 1.83 bits per heavy atom. The van der Waals surface area contributed by atoms with Gasteiger partial charge in [0.1, 0.15) is 11.6 Å². The molecule has 6 heteroatoms. The highest BCUT2D eigenvalue weighted by Crippen LogP contribution is 2.13. The van der Waals surface area contributed by atoms with Gasteiger partial charge in [-0.1, -0.05) is 0 Å². The van der Waals surface area contributed by atoms with Gasteiger partial charge in [-0.2, -0.15) is 0 Å². The van der Waals surface area contributed by atoms with Gasteiger partial charge < -0.3 is 9.64 Å². The Labute approximate surface area is 146 Å². The van der Waals surface area contributed by atoms with Crippen molar-refractivity contribution in [3.05, 3.63) is 46.2 Å². The van der Waals surface area contributed by atoms with Crippen molar-refractivity contribution in [2.75, 3.05) is 39.3 Å².